The van der Waals surface area contributed by atoms with E-state index in [0.717, 1.165) is 6.42 Å². The van der Waals surface area contributed by atoms with Gasteiger partial charge in [0, 0.05) is 7.11 Å². The summed E-state index contributed by atoms with van der Waals surface area (Å²) in [4.78, 5) is 36.3. The van der Waals surface area contributed by atoms with Crippen molar-refractivity contribution in [2.75, 3.05) is 33.5 Å². The number of amides is 2. The number of carbonyl (C=O) groups is 3. The predicted octanol–water partition coefficient (Wildman–Crippen LogP) is 1.99. The lowest BCUT2D eigenvalue weighted by Gasteiger charge is -2.13. The Balaban J connectivity index is 1.75. The Morgan fingerprint density at radius 2 is 1.65 bits per heavy atom. The topological polar surface area (TPSA) is 124 Å². The first-order valence-corrected chi connectivity index (χ1v) is 10.9. The van der Waals surface area contributed by atoms with Crippen LogP contribution in [0.2, 0.25) is 0 Å². The highest BCUT2D eigenvalue weighted by molar-refractivity contribution is 7.80. The van der Waals surface area contributed by atoms with Crippen molar-refractivity contribution in [1.82, 2.24) is 16.2 Å². The summed E-state index contributed by atoms with van der Waals surface area (Å²) in [5.74, 6) is -0.694. The molecule has 0 saturated heterocycles. The van der Waals surface area contributed by atoms with Crippen molar-refractivity contribution in [3.8, 4) is 11.5 Å². The molecule has 11 heteroatoms. The lowest BCUT2D eigenvalue weighted by atomic mass is 10.2. The number of para-hydroxylation sites is 1. The lowest BCUT2D eigenvalue weighted by molar-refractivity contribution is -0.123. The molecule has 0 aliphatic rings. The van der Waals surface area contributed by atoms with Crippen molar-refractivity contribution in [3.63, 3.8) is 0 Å². The molecule has 182 valence electrons. The molecule has 2 aromatic carbocycles. The van der Waals surface area contributed by atoms with Gasteiger partial charge < -0.3 is 18.9 Å². The van der Waals surface area contributed by atoms with E-state index in [1.165, 1.54) is 0 Å². The summed E-state index contributed by atoms with van der Waals surface area (Å²) in [6.45, 7) is 2.59. The molecule has 0 aliphatic carbocycles. The number of thiocarbonyl (C=S) groups is 1. The van der Waals surface area contributed by atoms with E-state index in [0.29, 0.717) is 30.3 Å². The molecule has 2 amide bonds. The molecule has 3 N–H and O–H groups in total. The normalized spacial score (nSPS) is 10.1. The molecule has 10 nitrogen and oxygen atoms in total. The van der Waals surface area contributed by atoms with E-state index in [2.05, 4.69) is 16.2 Å². The van der Waals surface area contributed by atoms with E-state index in [1.807, 2.05) is 6.92 Å². The van der Waals surface area contributed by atoms with Crippen molar-refractivity contribution < 1.29 is 33.3 Å². The number of rotatable bonds is 11. The number of hydrazine groups is 1. The minimum absolute atomic E-state index is 0.111. The second kappa shape index (κ2) is 14.4. The first-order chi connectivity index (χ1) is 16.4. The fraction of sp³-hybridized carbons (Fsp3) is 0.304. The minimum atomic E-state index is -0.536. The zero-order chi connectivity index (χ0) is 24.8. The van der Waals surface area contributed by atoms with Crippen LogP contribution in [0, 0.1) is 0 Å². The van der Waals surface area contributed by atoms with Crippen LogP contribution in [-0.2, 0) is 14.3 Å². The van der Waals surface area contributed by atoms with Crippen molar-refractivity contribution in [3.05, 3.63) is 59.7 Å². The standard InChI is InChI=1S/C23H27N3O7S/c1-3-12-32-22(29)16-8-10-17(11-9-16)33-15-20(27)25-26-23(34)24-21(28)18-6-4-5-7-19(18)31-14-13-30-2/h4-11H,3,12-15H2,1-2H3,(H,25,27)(H2,24,26,28,34). The van der Waals surface area contributed by atoms with Crippen LogP contribution in [-0.4, -0.2) is 56.4 Å². The first-order valence-electron chi connectivity index (χ1n) is 10.5. The van der Waals surface area contributed by atoms with E-state index >= 15 is 0 Å². The molecule has 0 heterocycles. The third kappa shape index (κ3) is 9.04. The van der Waals surface area contributed by atoms with Gasteiger partial charge in [0.2, 0.25) is 0 Å². The summed E-state index contributed by atoms with van der Waals surface area (Å²) in [6.07, 6.45) is 0.736. The number of methoxy groups -OCH3 is 1. The molecule has 2 rings (SSSR count). The van der Waals surface area contributed by atoms with Gasteiger partial charge in [-0.05, 0) is 55.0 Å². The molecule has 0 bridgehead atoms. The van der Waals surface area contributed by atoms with Crippen LogP contribution >= 0.6 is 12.2 Å². The van der Waals surface area contributed by atoms with E-state index in [9.17, 15) is 14.4 Å². The summed E-state index contributed by atoms with van der Waals surface area (Å²) in [6, 6.07) is 12.9. The van der Waals surface area contributed by atoms with E-state index in [4.69, 9.17) is 31.2 Å². The van der Waals surface area contributed by atoms with Gasteiger partial charge in [-0.25, -0.2) is 4.79 Å². The Morgan fingerprint density at radius 3 is 2.35 bits per heavy atom. The van der Waals surface area contributed by atoms with Crippen molar-refractivity contribution in [1.29, 1.82) is 0 Å². The molecule has 0 radical (unpaired) electrons. The lowest BCUT2D eigenvalue weighted by Crippen LogP contribution is -2.49. The number of nitrogens with one attached hydrogen (secondary N) is 3. The van der Waals surface area contributed by atoms with E-state index < -0.39 is 17.8 Å². The third-order valence-corrected chi connectivity index (χ3v) is 4.32. The van der Waals surface area contributed by atoms with Gasteiger partial charge in [-0.3, -0.25) is 25.8 Å². The Labute approximate surface area is 202 Å². The average molecular weight is 490 g/mol. The summed E-state index contributed by atoms with van der Waals surface area (Å²) >= 11 is 5.04. The zero-order valence-corrected chi connectivity index (χ0v) is 19.7. The second-order valence-electron chi connectivity index (χ2n) is 6.74. The number of carbonyl (C=O) groups excluding carboxylic acids is 3. The third-order valence-electron chi connectivity index (χ3n) is 4.12. The Kier molecular flexibility index (Phi) is 11.3. The quantitative estimate of drug-likeness (QED) is 0.188. The van der Waals surface area contributed by atoms with Gasteiger partial charge in [-0.1, -0.05) is 19.1 Å². The Morgan fingerprint density at radius 1 is 0.912 bits per heavy atom. The van der Waals surface area contributed by atoms with Crippen LogP contribution in [0.15, 0.2) is 48.5 Å². The van der Waals surface area contributed by atoms with Gasteiger partial charge in [0.25, 0.3) is 11.8 Å². The maximum absolute atomic E-state index is 12.5. The molecule has 0 unspecified atom stereocenters. The Hall–Kier alpha value is -3.70. The smallest absolute Gasteiger partial charge is 0.338 e. The number of benzene rings is 2. The molecule has 0 aliphatic heterocycles. The number of hydrogen-bond donors (Lipinski definition) is 3. The fourth-order valence-corrected chi connectivity index (χ4v) is 2.64. The molecule has 0 spiro atoms. The monoisotopic (exact) mass is 489 g/mol. The minimum Gasteiger partial charge on any atom is -0.490 e. The molecule has 0 saturated carbocycles. The van der Waals surface area contributed by atoms with Crippen LogP contribution in [0.3, 0.4) is 0 Å². The molecule has 34 heavy (non-hydrogen) atoms. The maximum atomic E-state index is 12.5. The SMILES string of the molecule is CCCOC(=O)c1ccc(OCC(=O)NNC(=S)NC(=O)c2ccccc2OCCOC)cc1. The second-order valence-corrected chi connectivity index (χ2v) is 7.15. The van der Waals surface area contributed by atoms with Gasteiger partial charge in [-0.15, -0.1) is 0 Å². The zero-order valence-electron chi connectivity index (χ0n) is 18.9. The van der Waals surface area contributed by atoms with Crippen LogP contribution in [0.5, 0.6) is 11.5 Å². The van der Waals surface area contributed by atoms with Gasteiger partial charge >= 0.3 is 5.97 Å². The predicted molar refractivity (Wildman–Crippen MR) is 128 cm³/mol. The molecular formula is C23H27N3O7S. The van der Waals surface area contributed by atoms with Gasteiger partial charge in [0.15, 0.2) is 11.7 Å². The van der Waals surface area contributed by atoms with Crippen LogP contribution in [0.25, 0.3) is 0 Å². The summed E-state index contributed by atoms with van der Waals surface area (Å²) in [5.41, 5.74) is 5.42. The van der Waals surface area contributed by atoms with E-state index in [1.54, 1.807) is 55.6 Å². The number of esters is 1. The van der Waals surface area contributed by atoms with Gasteiger partial charge in [-0.2, -0.15) is 0 Å². The summed E-state index contributed by atoms with van der Waals surface area (Å²) in [5, 5.41) is 2.35. The van der Waals surface area contributed by atoms with E-state index in [-0.39, 0.29) is 23.9 Å². The first kappa shape index (κ1) is 26.6. The number of hydrogen-bond acceptors (Lipinski definition) is 8. The van der Waals surface area contributed by atoms with Gasteiger partial charge in [0.05, 0.1) is 24.3 Å². The van der Waals surface area contributed by atoms with Crippen LogP contribution < -0.4 is 25.6 Å². The van der Waals surface area contributed by atoms with Crippen LogP contribution in [0.1, 0.15) is 34.1 Å². The number of ether oxygens (including phenoxy) is 4. The molecule has 0 atom stereocenters. The van der Waals surface area contributed by atoms with Crippen molar-refractivity contribution >= 4 is 35.1 Å². The molecule has 0 fully saturated rings. The Bertz CT molecular complexity index is 983. The summed E-state index contributed by atoms with van der Waals surface area (Å²) in [7, 11) is 1.55. The van der Waals surface area contributed by atoms with Gasteiger partial charge in [0.1, 0.15) is 18.1 Å². The highest BCUT2D eigenvalue weighted by Gasteiger charge is 2.14. The summed E-state index contributed by atoms with van der Waals surface area (Å²) < 4.78 is 20.9. The average Bonchev–Trinajstić information content (AvgIpc) is 2.85. The van der Waals surface area contributed by atoms with Crippen molar-refractivity contribution in [2.24, 2.45) is 0 Å². The fourth-order valence-electron chi connectivity index (χ4n) is 2.49. The largest absolute Gasteiger partial charge is 0.490 e. The molecular weight excluding hydrogens is 462 g/mol. The highest BCUT2D eigenvalue weighted by atomic mass is 32.1. The van der Waals surface area contributed by atoms with Crippen LogP contribution in [0.4, 0.5) is 0 Å². The molecule has 0 aromatic heterocycles. The highest BCUT2D eigenvalue weighted by Crippen LogP contribution is 2.17. The maximum Gasteiger partial charge on any atom is 0.338 e. The molecule has 2 aromatic rings. The van der Waals surface area contributed by atoms with Crippen molar-refractivity contribution in [2.45, 2.75) is 13.3 Å².